The number of rotatable bonds is 8. The van der Waals surface area contributed by atoms with E-state index in [1.165, 1.54) is 33.6 Å². The second-order valence-electron chi connectivity index (χ2n) is 8.66. The van der Waals surface area contributed by atoms with E-state index in [9.17, 15) is 14.0 Å². The lowest BCUT2D eigenvalue weighted by molar-refractivity contribution is -0.133. The van der Waals surface area contributed by atoms with Crippen molar-refractivity contribution in [3.05, 3.63) is 82.2 Å². The molecule has 0 N–H and O–H groups in total. The van der Waals surface area contributed by atoms with Crippen molar-refractivity contribution in [1.82, 2.24) is 14.8 Å². The van der Waals surface area contributed by atoms with E-state index in [4.69, 9.17) is 9.15 Å². The second kappa shape index (κ2) is 11.2. The topological polar surface area (TPSA) is 78.6 Å². The summed E-state index contributed by atoms with van der Waals surface area (Å²) in [5, 5.41) is 7.89. The summed E-state index contributed by atoms with van der Waals surface area (Å²) in [6, 6.07) is 12.9. The maximum atomic E-state index is 14.8. The number of benzene rings is 1. The smallest absolute Gasteiger partial charge is 0.290 e. The molecule has 36 heavy (non-hydrogen) atoms. The molecule has 1 fully saturated rings. The maximum Gasteiger partial charge on any atom is 0.290 e. The first kappa shape index (κ1) is 24.4. The molecule has 0 unspecified atom stereocenters. The van der Waals surface area contributed by atoms with Crippen LogP contribution in [0, 0.1) is 5.82 Å². The standard InChI is InChI=1S/C26H27FN4O4S/c27-20-6-2-1-5-19(20)22-17-21(24-8-4-16-36-24)28-31(22)25(32)18-30(26(33)23-7-3-13-35-23)10-9-29-11-14-34-15-12-29/h1-8,13,16,22H,9-12,14-15,17-18H2/t22-/m1/s1. The summed E-state index contributed by atoms with van der Waals surface area (Å²) in [6.45, 7) is 3.57. The predicted octanol–water partition coefficient (Wildman–Crippen LogP) is 3.63. The van der Waals surface area contributed by atoms with Crippen LogP contribution in [0.15, 0.2) is 69.7 Å². The first-order chi connectivity index (χ1) is 17.6. The van der Waals surface area contributed by atoms with Gasteiger partial charge in [-0.25, -0.2) is 9.40 Å². The van der Waals surface area contributed by atoms with Gasteiger partial charge in [-0.15, -0.1) is 11.3 Å². The number of ether oxygens (including phenoxy) is 1. The van der Waals surface area contributed by atoms with Gasteiger partial charge in [0.1, 0.15) is 12.4 Å². The molecule has 2 aromatic heterocycles. The van der Waals surface area contributed by atoms with Crippen molar-refractivity contribution in [1.29, 1.82) is 0 Å². The van der Waals surface area contributed by atoms with Crippen molar-refractivity contribution in [2.24, 2.45) is 5.10 Å². The number of amides is 2. The van der Waals surface area contributed by atoms with E-state index in [1.54, 1.807) is 30.3 Å². The number of morpholine rings is 1. The lowest BCUT2D eigenvalue weighted by atomic mass is 10.0. The van der Waals surface area contributed by atoms with E-state index < -0.39 is 11.9 Å². The van der Waals surface area contributed by atoms with Crippen LogP contribution in [0.2, 0.25) is 0 Å². The van der Waals surface area contributed by atoms with Gasteiger partial charge in [0.15, 0.2) is 5.76 Å². The highest BCUT2D eigenvalue weighted by Gasteiger charge is 2.36. The molecule has 3 aromatic rings. The average Bonchev–Trinajstić information content (AvgIpc) is 3.68. The van der Waals surface area contributed by atoms with Crippen molar-refractivity contribution in [2.75, 3.05) is 45.9 Å². The number of carbonyl (C=O) groups is 2. The fourth-order valence-corrected chi connectivity index (χ4v) is 5.17. The van der Waals surface area contributed by atoms with Gasteiger partial charge >= 0.3 is 0 Å². The molecule has 0 saturated carbocycles. The van der Waals surface area contributed by atoms with Crippen LogP contribution in [-0.2, 0) is 9.53 Å². The highest BCUT2D eigenvalue weighted by atomic mass is 32.1. The van der Waals surface area contributed by atoms with Gasteiger partial charge in [-0.1, -0.05) is 24.3 Å². The summed E-state index contributed by atoms with van der Waals surface area (Å²) in [5.41, 5.74) is 1.13. The molecule has 0 spiro atoms. The molecule has 10 heteroatoms. The van der Waals surface area contributed by atoms with Gasteiger partial charge in [0.25, 0.3) is 11.8 Å². The normalized spacial score (nSPS) is 18.3. The molecule has 1 atom stereocenters. The summed E-state index contributed by atoms with van der Waals surface area (Å²) >= 11 is 1.52. The van der Waals surface area contributed by atoms with Gasteiger partial charge < -0.3 is 14.1 Å². The quantitative estimate of drug-likeness (QED) is 0.463. The number of furan rings is 1. The second-order valence-corrected chi connectivity index (χ2v) is 9.61. The summed E-state index contributed by atoms with van der Waals surface area (Å²) in [6.07, 6.45) is 1.83. The summed E-state index contributed by atoms with van der Waals surface area (Å²) in [7, 11) is 0. The highest BCUT2D eigenvalue weighted by Crippen LogP contribution is 2.35. The molecule has 4 heterocycles. The Labute approximate surface area is 212 Å². The number of hydrazone groups is 1. The molecule has 1 saturated heterocycles. The summed E-state index contributed by atoms with van der Waals surface area (Å²) in [5.74, 6) is -0.971. The Bertz CT molecular complexity index is 1210. The van der Waals surface area contributed by atoms with E-state index >= 15 is 0 Å². The third kappa shape index (κ3) is 5.40. The fraction of sp³-hybridized carbons (Fsp3) is 0.346. The van der Waals surface area contributed by atoms with Crippen LogP contribution in [0.1, 0.15) is 33.5 Å². The molecule has 188 valence electrons. The minimum absolute atomic E-state index is 0.166. The average molecular weight is 511 g/mol. The lowest BCUT2D eigenvalue weighted by Gasteiger charge is -2.30. The van der Waals surface area contributed by atoms with Gasteiger partial charge in [-0.2, -0.15) is 5.10 Å². The van der Waals surface area contributed by atoms with Gasteiger partial charge in [0, 0.05) is 38.2 Å². The SMILES string of the molecule is O=C(c1ccco1)N(CCN1CCOCC1)CC(=O)N1N=C(c2cccs2)C[C@@H]1c1ccccc1F. The van der Waals surface area contributed by atoms with E-state index in [0.717, 1.165) is 23.7 Å². The van der Waals surface area contributed by atoms with Crippen molar-refractivity contribution < 1.29 is 23.1 Å². The molecule has 1 aromatic carbocycles. The largest absolute Gasteiger partial charge is 0.459 e. The monoisotopic (exact) mass is 510 g/mol. The van der Waals surface area contributed by atoms with Crippen LogP contribution in [-0.4, -0.2) is 78.3 Å². The fourth-order valence-electron chi connectivity index (χ4n) is 4.45. The van der Waals surface area contributed by atoms with E-state index in [1.807, 2.05) is 17.5 Å². The minimum atomic E-state index is -0.587. The highest BCUT2D eigenvalue weighted by molar-refractivity contribution is 7.12. The number of thiophene rings is 1. The Kier molecular flexibility index (Phi) is 7.55. The number of halogens is 1. The Morgan fingerprint density at radius 2 is 1.94 bits per heavy atom. The van der Waals surface area contributed by atoms with Crippen LogP contribution in [0.5, 0.6) is 0 Å². The van der Waals surface area contributed by atoms with Gasteiger partial charge in [0.2, 0.25) is 0 Å². The van der Waals surface area contributed by atoms with Crippen molar-refractivity contribution in [3.63, 3.8) is 0 Å². The first-order valence-corrected chi connectivity index (χ1v) is 12.8. The lowest BCUT2D eigenvalue weighted by Crippen LogP contribution is -2.46. The number of hydrogen-bond acceptors (Lipinski definition) is 7. The number of hydrogen-bond donors (Lipinski definition) is 0. The van der Waals surface area contributed by atoms with Crippen LogP contribution in [0.4, 0.5) is 4.39 Å². The van der Waals surface area contributed by atoms with Gasteiger partial charge in [0.05, 0.1) is 36.1 Å². The molecule has 2 aliphatic heterocycles. The van der Waals surface area contributed by atoms with Crippen molar-refractivity contribution in [3.8, 4) is 0 Å². The van der Waals surface area contributed by atoms with Gasteiger partial charge in [-0.3, -0.25) is 14.5 Å². The molecule has 0 bridgehead atoms. The molecule has 8 nitrogen and oxygen atoms in total. The van der Waals surface area contributed by atoms with E-state index in [0.29, 0.717) is 38.3 Å². The van der Waals surface area contributed by atoms with Gasteiger partial charge in [-0.05, 0) is 29.6 Å². The maximum absolute atomic E-state index is 14.8. The molecule has 2 aliphatic rings. The molecule has 5 rings (SSSR count). The molecular formula is C26H27FN4O4S. The van der Waals surface area contributed by atoms with Crippen molar-refractivity contribution >= 4 is 28.9 Å². The Hall–Kier alpha value is -3.34. The number of carbonyl (C=O) groups excluding carboxylic acids is 2. The van der Waals surface area contributed by atoms with E-state index in [2.05, 4.69) is 10.0 Å². The third-order valence-corrected chi connectivity index (χ3v) is 7.29. The van der Waals surface area contributed by atoms with E-state index in [-0.39, 0.29) is 24.1 Å². The first-order valence-electron chi connectivity index (χ1n) is 11.9. The Morgan fingerprint density at radius 1 is 1.11 bits per heavy atom. The van der Waals surface area contributed by atoms with Crippen LogP contribution < -0.4 is 0 Å². The molecule has 0 radical (unpaired) electrons. The Morgan fingerprint density at radius 3 is 2.67 bits per heavy atom. The van der Waals surface area contributed by atoms with Crippen LogP contribution >= 0.6 is 11.3 Å². The molecular weight excluding hydrogens is 483 g/mol. The minimum Gasteiger partial charge on any atom is -0.459 e. The van der Waals surface area contributed by atoms with Crippen LogP contribution in [0.3, 0.4) is 0 Å². The predicted molar refractivity (Wildman–Crippen MR) is 133 cm³/mol. The number of nitrogens with zero attached hydrogens (tertiary/aromatic N) is 4. The Balaban J connectivity index is 1.38. The summed E-state index contributed by atoms with van der Waals surface area (Å²) < 4.78 is 25.5. The zero-order valence-corrected chi connectivity index (χ0v) is 20.5. The molecule has 0 aliphatic carbocycles. The third-order valence-electron chi connectivity index (χ3n) is 6.37. The van der Waals surface area contributed by atoms with Crippen molar-refractivity contribution in [2.45, 2.75) is 12.5 Å². The summed E-state index contributed by atoms with van der Waals surface area (Å²) in [4.78, 5) is 31.5. The zero-order valence-electron chi connectivity index (χ0n) is 19.7. The van der Waals surface area contributed by atoms with Crippen LogP contribution in [0.25, 0.3) is 0 Å². The zero-order chi connectivity index (χ0) is 24.9. The molecule has 2 amide bonds.